The highest BCUT2D eigenvalue weighted by molar-refractivity contribution is 5.78. The number of carboxylic acid groups (broad SMARTS) is 1. The van der Waals surface area contributed by atoms with E-state index in [2.05, 4.69) is 4.98 Å². The van der Waals surface area contributed by atoms with Crippen LogP contribution in [0.5, 0.6) is 5.75 Å². The number of fused-ring (bicyclic) bond motifs is 1. The number of para-hydroxylation sites is 1. The van der Waals surface area contributed by atoms with Crippen LogP contribution in [-0.4, -0.2) is 17.6 Å². The summed E-state index contributed by atoms with van der Waals surface area (Å²) >= 11 is 0. The molecule has 0 amide bonds. The number of aryl methyl sites for hydroxylation is 2. The molecule has 0 unspecified atom stereocenters. The zero-order chi connectivity index (χ0) is 15.7. The van der Waals surface area contributed by atoms with Crippen molar-refractivity contribution in [2.75, 3.05) is 6.61 Å². The number of nitrogens with zero attached hydrogens (tertiary/aromatic N) is 1. The monoisotopic (exact) mass is 296 g/mol. The molecule has 2 aromatic carbocycles. The van der Waals surface area contributed by atoms with Crippen LogP contribution in [-0.2, 0) is 4.79 Å². The van der Waals surface area contributed by atoms with Gasteiger partial charge in [0.15, 0.2) is 5.58 Å². The summed E-state index contributed by atoms with van der Waals surface area (Å²) in [6.07, 6.45) is 0. The molecule has 0 aliphatic heterocycles. The van der Waals surface area contributed by atoms with Gasteiger partial charge in [-0.05, 0) is 43.2 Å². The zero-order valence-electron chi connectivity index (χ0n) is 12.3. The van der Waals surface area contributed by atoms with Gasteiger partial charge in [-0.15, -0.1) is 0 Å². The number of carbonyl (C=O) groups excluding carboxylic acids is 1. The predicted molar refractivity (Wildman–Crippen MR) is 79.4 cm³/mol. The van der Waals surface area contributed by atoms with Gasteiger partial charge in [-0.1, -0.05) is 18.2 Å². The Morgan fingerprint density at radius 1 is 1.27 bits per heavy atom. The SMILES string of the molecule is Cc1ccc2oc(-c3cccc(C)c3OCC(=O)[O-])nc2c1. The molecular formula is C17H14NO4-. The second-order valence-electron chi connectivity index (χ2n) is 5.10. The van der Waals surface area contributed by atoms with Gasteiger partial charge in [-0.2, -0.15) is 0 Å². The number of hydrogen-bond acceptors (Lipinski definition) is 5. The van der Waals surface area contributed by atoms with Gasteiger partial charge in [-0.25, -0.2) is 4.98 Å². The molecule has 0 fully saturated rings. The largest absolute Gasteiger partial charge is 0.546 e. The van der Waals surface area contributed by atoms with Crippen LogP contribution in [0.15, 0.2) is 40.8 Å². The van der Waals surface area contributed by atoms with Gasteiger partial charge >= 0.3 is 0 Å². The fourth-order valence-corrected chi connectivity index (χ4v) is 2.30. The summed E-state index contributed by atoms with van der Waals surface area (Å²) in [5.41, 5.74) is 3.94. The Kier molecular flexibility index (Phi) is 3.55. The van der Waals surface area contributed by atoms with Crippen molar-refractivity contribution in [1.82, 2.24) is 4.98 Å². The van der Waals surface area contributed by atoms with E-state index in [0.29, 0.717) is 22.8 Å². The first kappa shape index (κ1) is 14.1. The van der Waals surface area contributed by atoms with Crippen LogP contribution < -0.4 is 9.84 Å². The molecule has 0 saturated heterocycles. The van der Waals surface area contributed by atoms with Crippen LogP contribution in [0.25, 0.3) is 22.6 Å². The average Bonchev–Trinajstić information content (AvgIpc) is 2.88. The van der Waals surface area contributed by atoms with E-state index in [0.717, 1.165) is 16.6 Å². The third-order valence-electron chi connectivity index (χ3n) is 3.32. The van der Waals surface area contributed by atoms with E-state index in [9.17, 15) is 9.90 Å². The third kappa shape index (κ3) is 2.65. The molecule has 0 aliphatic carbocycles. The topological polar surface area (TPSA) is 75.4 Å². The first-order valence-electron chi connectivity index (χ1n) is 6.84. The molecule has 0 spiro atoms. The summed E-state index contributed by atoms with van der Waals surface area (Å²) in [6, 6.07) is 11.2. The van der Waals surface area contributed by atoms with Crippen molar-refractivity contribution in [2.24, 2.45) is 0 Å². The zero-order valence-corrected chi connectivity index (χ0v) is 12.3. The van der Waals surface area contributed by atoms with Crippen molar-refractivity contribution < 1.29 is 19.1 Å². The lowest BCUT2D eigenvalue weighted by molar-refractivity contribution is -0.307. The van der Waals surface area contributed by atoms with E-state index in [1.807, 2.05) is 44.2 Å². The first-order chi connectivity index (χ1) is 10.5. The van der Waals surface area contributed by atoms with Crippen molar-refractivity contribution in [3.8, 4) is 17.2 Å². The van der Waals surface area contributed by atoms with E-state index in [4.69, 9.17) is 9.15 Å². The molecule has 22 heavy (non-hydrogen) atoms. The number of carbonyl (C=O) groups is 1. The molecule has 0 aliphatic rings. The molecule has 3 aromatic rings. The van der Waals surface area contributed by atoms with Gasteiger partial charge in [0.05, 0.1) is 11.5 Å². The Hall–Kier alpha value is -2.82. The summed E-state index contributed by atoms with van der Waals surface area (Å²) in [5, 5.41) is 10.6. The number of carboxylic acids is 1. The lowest BCUT2D eigenvalue weighted by atomic mass is 10.1. The van der Waals surface area contributed by atoms with Crippen LogP contribution in [0.1, 0.15) is 11.1 Å². The highest BCUT2D eigenvalue weighted by Crippen LogP contribution is 2.34. The minimum atomic E-state index is -1.28. The lowest BCUT2D eigenvalue weighted by Gasteiger charge is -2.12. The molecule has 5 heteroatoms. The van der Waals surface area contributed by atoms with Gasteiger partial charge < -0.3 is 19.1 Å². The molecule has 0 radical (unpaired) electrons. The summed E-state index contributed by atoms with van der Waals surface area (Å²) in [5.74, 6) is -0.435. The van der Waals surface area contributed by atoms with E-state index >= 15 is 0 Å². The molecule has 0 atom stereocenters. The highest BCUT2D eigenvalue weighted by atomic mass is 16.5. The van der Waals surface area contributed by atoms with E-state index in [-0.39, 0.29) is 0 Å². The molecule has 112 valence electrons. The molecule has 0 N–H and O–H groups in total. The van der Waals surface area contributed by atoms with Gasteiger partial charge in [0.25, 0.3) is 0 Å². The Labute approximate surface area is 127 Å². The summed E-state index contributed by atoms with van der Waals surface area (Å²) < 4.78 is 11.1. The second kappa shape index (κ2) is 5.52. The Morgan fingerprint density at radius 2 is 2.09 bits per heavy atom. The maximum absolute atomic E-state index is 10.6. The Bertz CT molecular complexity index is 851. The minimum absolute atomic E-state index is 0.401. The number of aromatic nitrogens is 1. The molecule has 0 bridgehead atoms. The molecule has 1 heterocycles. The quantitative estimate of drug-likeness (QED) is 0.738. The number of rotatable bonds is 4. The van der Waals surface area contributed by atoms with E-state index in [1.54, 1.807) is 6.07 Å². The van der Waals surface area contributed by atoms with Crippen molar-refractivity contribution in [3.05, 3.63) is 47.5 Å². The summed E-state index contributed by atoms with van der Waals surface area (Å²) in [6.45, 7) is 3.30. The van der Waals surface area contributed by atoms with Crippen molar-refractivity contribution in [3.63, 3.8) is 0 Å². The van der Waals surface area contributed by atoms with Crippen LogP contribution in [0.3, 0.4) is 0 Å². The van der Waals surface area contributed by atoms with Crippen LogP contribution in [0, 0.1) is 13.8 Å². The van der Waals surface area contributed by atoms with Crippen LogP contribution >= 0.6 is 0 Å². The molecule has 0 saturated carbocycles. The number of ether oxygens (including phenoxy) is 1. The molecular weight excluding hydrogens is 282 g/mol. The molecule has 3 rings (SSSR count). The van der Waals surface area contributed by atoms with Crippen LogP contribution in [0.4, 0.5) is 0 Å². The number of oxazole rings is 1. The van der Waals surface area contributed by atoms with E-state index in [1.165, 1.54) is 0 Å². The summed E-state index contributed by atoms with van der Waals surface area (Å²) in [4.78, 5) is 15.1. The predicted octanol–water partition coefficient (Wildman–Crippen LogP) is 2.24. The number of hydrogen-bond donors (Lipinski definition) is 0. The smallest absolute Gasteiger partial charge is 0.231 e. The molecule has 1 aromatic heterocycles. The van der Waals surface area contributed by atoms with Gasteiger partial charge in [-0.3, -0.25) is 0 Å². The maximum Gasteiger partial charge on any atom is 0.231 e. The standard InChI is InChI=1S/C17H15NO4/c1-10-6-7-14-13(8-10)18-17(22-14)12-5-3-4-11(2)16(12)21-9-15(19)20/h3-8H,9H2,1-2H3,(H,19,20)/p-1. The third-order valence-corrected chi connectivity index (χ3v) is 3.32. The Balaban J connectivity index is 2.09. The lowest BCUT2D eigenvalue weighted by Crippen LogP contribution is -2.29. The maximum atomic E-state index is 10.6. The number of benzene rings is 2. The van der Waals surface area contributed by atoms with Gasteiger partial charge in [0, 0.05) is 0 Å². The normalized spacial score (nSPS) is 10.8. The van der Waals surface area contributed by atoms with E-state index < -0.39 is 12.6 Å². The van der Waals surface area contributed by atoms with Crippen molar-refractivity contribution in [2.45, 2.75) is 13.8 Å². The van der Waals surface area contributed by atoms with Gasteiger partial charge in [0.1, 0.15) is 17.9 Å². The van der Waals surface area contributed by atoms with Crippen molar-refractivity contribution in [1.29, 1.82) is 0 Å². The fourth-order valence-electron chi connectivity index (χ4n) is 2.30. The number of aliphatic carboxylic acids is 1. The average molecular weight is 296 g/mol. The Morgan fingerprint density at radius 3 is 2.86 bits per heavy atom. The van der Waals surface area contributed by atoms with Crippen LogP contribution in [0.2, 0.25) is 0 Å². The molecule has 5 nitrogen and oxygen atoms in total. The highest BCUT2D eigenvalue weighted by Gasteiger charge is 2.15. The first-order valence-corrected chi connectivity index (χ1v) is 6.84. The second-order valence-corrected chi connectivity index (χ2v) is 5.10. The fraction of sp³-hybridized carbons (Fsp3) is 0.176. The summed E-state index contributed by atoms with van der Waals surface area (Å²) in [7, 11) is 0. The minimum Gasteiger partial charge on any atom is -0.546 e. The van der Waals surface area contributed by atoms with Crippen molar-refractivity contribution >= 4 is 17.1 Å². The van der Waals surface area contributed by atoms with Gasteiger partial charge in [0.2, 0.25) is 5.89 Å².